The maximum atomic E-state index is 12.2. The highest BCUT2D eigenvalue weighted by Crippen LogP contribution is 2.29. The Labute approximate surface area is 105 Å². The first-order valence-corrected chi connectivity index (χ1v) is 6.20. The number of hydrogen-bond acceptors (Lipinski definition) is 3. The van der Waals surface area contributed by atoms with Crippen molar-refractivity contribution in [1.29, 1.82) is 0 Å². The van der Waals surface area contributed by atoms with Crippen LogP contribution < -0.4 is 0 Å². The van der Waals surface area contributed by atoms with E-state index in [1.54, 1.807) is 24.3 Å². The second-order valence-corrected chi connectivity index (χ2v) is 4.75. The number of benzene rings is 1. The highest BCUT2D eigenvalue weighted by molar-refractivity contribution is 6.22. The quantitative estimate of drug-likeness (QED) is 0.707. The van der Waals surface area contributed by atoms with Gasteiger partial charge in [0.1, 0.15) is 0 Å². The van der Waals surface area contributed by atoms with Gasteiger partial charge in [0.25, 0.3) is 11.8 Å². The van der Waals surface area contributed by atoms with Crippen molar-refractivity contribution < 1.29 is 14.4 Å². The molecule has 1 aromatic rings. The zero-order chi connectivity index (χ0) is 12.7. The molecule has 1 aliphatic carbocycles. The normalized spacial score (nSPS) is 23.4. The SMILES string of the molecule is O=C1CCCC[C@H]1N1C(=O)c2ccccc2C1=O. The minimum atomic E-state index is -0.550. The average Bonchev–Trinajstić information content (AvgIpc) is 2.64. The van der Waals surface area contributed by atoms with Crippen LogP contribution in [0.4, 0.5) is 0 Å². The number of carbonyl (C=O) groups is 3. The summed E-state index contributed by atoms with van der Waals surface area (Å²) >= 11 is 0. The molecule has 0 saturated heterocycles. The first kappa shape index (κ1) is 11.1. The lowest BCUT2D eigenvalue weighted by Gasteiger charge is -2.27. The molecule has 1 aliphatic heterocycles. The number of ketones is 1. The molecule has 18 heavy (non-hydrogen) atoms. The molecule has 0 bridgehead atoms. The Morgan fingerprint density at radius 1 is 0.944 bits per heavy atom. The second-order valence-electron chi connectivity index (χ2n) is 4.75. The Kier molecular flexibility index (Phi) is 2.51. The number of rotatable bonds is 1. The zero-order valence-electron chi connectivity index (χ0n) is 9.89. The minimum Gasteiger partial charge on any atom is -0.297 e. The van der Waals surface area contributed by atoms with Crippen LogP contribution in [0.1, 0.15) is 46.4 Å². The van der Waals surface area contributed by atoms with Gasteiger partial charge in [0.15, 0.2) is 5.78 Å². The number of Topliss-reactive ketones (excluding diaryl/α,β-unsaturated/α-hetero) is 1. The molecule has 0 N–H and O–H groups in total. The largest absolute Gasteiger partial charge is 0.297 e. The van der Waals surface area contributed by atoms with Crippen LogP contribution in [-0.4, -0.2) is 28.5 Å². The molecule has 92 valence electrons. The standard InChI is InChI=1S/C14H13NO3/c16-12-8-4-3-7-11(12)15-13(17)9-5-1-2-6-10(9)14(15)18/h1-2,5-6,11H,3-4,7-8H2/t11-/m1/s1. The summed E-state index contributed by atoms with van der Waals surface area (Å²) in [4.78, 5) is 37.4. The van der Waals surface area contributed by atoms with Crippen LogP contribution in [0.15, 0.2) is 24.3 Å². The van der Waals surface area contributed by atoms with E-state index in [1.807, 2.05) is 0 Å². The van der Waals surface area contributed by atoms with Crippen LogP contribution in [0.3, 0.4) is 0 Å². The third-order valence-electron chi connectivity index (χ3n) is 3.66. The van der Waals surface area contributed by atoms with Gasteiger partial charge in [-0.2, -0.15) is 0 Å². The van der Waals surface area contributed by atoms with E-state index in [2.05, 4.69) is 0 Å². The van der Waals surface area contributed by atoms with Crippen molar-refractivity contribution in [3.05, 3.63) is 35.4 Å². The highest BCUT2D eigenvalue weighted by Gasteiger charge is 2.42. The maximum absolute atomic E-state index is 12.2. The Hall–Kier alpha value is -1.97. The lowest BCUT2D eigenvalue weighted by atomic mass is 9.93. The Morgan fingerprint density at radius 3 is 2.11 bits per heavy atom. The van der Waals surface area contributed by atoms with Crippen molar-refractivity contribution in [3.63, 3.8) is 0 Å². The number of fused-ring (bicyclic) bond motifs is 1. The number of hydrogen-bond donors (Lipinski definition) is 0. The fourth-order valence-corrected chi connectivity index (χ4v) is 2.73. The van der Waals surface area contributed by atoms with Crippen LogP contribution in [0.25, 0.3) is 0 Å². The van der Waals surface area contributed by atoms with Crippen molar-refractivity contribution in [1.82, 2.24) is 4.90 Å². The van der Waals surface area contributed by atoms with Crippen LogP contribution in [0, 0.1) is 0 Å². The van der Waals surface area contributed by atoms with Gasteiger partial charge in [-0.1, -0.05) is 18.6 Å². The minimum absolute atomic E-state index is 0.00996. The summed E-state index contributed by atoms with van der Waals surface area (Å²) in [5, 5.41) is 0. The predicted octanol–water partition coefficient (Wildman–Crippen LogP) is 1.79. The van der Waals surface area contributed by atoms with Crippen LogP contribution in [0.2, 0.25) is 0 Å². The van der Waals surface area contributed by atoms with E-state index in [0.29, 0.717) is 24.0 Å². The van der Waals surface area contributed by atoms with Crippen molar-refractivity contribution in [3.8, 4) is 0 Å². The van der Waals surface area contributed by atoms with E-state index in [9.17, 15) is 14.4 Å². The Bertz CT molecular complexity index is 515. The molecule has 1 atom stereocenters. The Morgan fingerprint density at radius 2 is 1.56 bits per heavy atom. The third kappa shape index (κ3) is 1.49. The van der Waals surface area contributed by atoms with Gasteiger partial charge in [-0.05, 0) is 25.0 Å². The number of carbonyl (C=O) groups excluding carboxylic acids is 3. The lowest BCUT2D eigenvalue weighted by molar-refractivity contribution is -0.124. The van der Waals surface area contributed by atoms with Gasteiger partial charge in [0.2, 0.25) is 0 Å². The van der Waals surface area contributed by atoms with Crippen molar-refractivity contribution in [2.45, 2.75) is 31.7 Å². The second kappa shape index (κ2) is 4.05. The first-order chi connectivity index (χ1) is 8.70. The molecule has 2 aliphatic rings. The molecule has 1 saturated carbocycles. The molecule has 0 unspecified atom stereocenters. The zero-order valence-corrected chi connectivity index (χ0v) is 9.89. The van der Waals surface area contributed by atoms with Gasteiger partial charge in [-0.25, -0.2) is 0 Å². The molecule has 1 fully saturated rings. The van der Waals surface area contributed by atoms with E-state index < -0.39 is 6.04 Å². The summed E-state index contributed by atoms with van der Waals surface area (Å²) < 4.78 is 0. The molecular formula is C14H13NO3. The molecule has 1 aromatic carbocycles. The van der Waals surface area contributed by atoms with Crippen molar-refractivity contribution in [2.75, 3.05) is 0 Å². The maximum Gasteiger partial charge on any atom is 0.262 e. The summed E-state index contributed by atoms with van der Waals surface area (Å²) in [6.45, 7) is 0. The first-order valence-electron chi connectivity index (χ1n) is 6.20. The highest BCUT2D eigenvalue weighted by atomic mass is 16.2. The lowest BCUT2D eigenvalue weighted by Crippen LogP contribution is -2.46. The fourth-order valence-electron chi connectivity index (χ4n) is 2.73. The summed E-state index contributed by atoms with van der Waals surface area (Å²) in [5.41, 5.74) is 0.835. The van der Waals surface area contributed by atoms with Gasteiger partial charge in [-0.3, -0.25) is 19.3 Å². The van der Waals surface area contributed by atoms with Crippen LogP contribution >= 0.6 is 0 Å². The fraction of sp³-hybridized carbons (Fsp3) is 0.357. The third-order valence-corrected chi connectivity index (χ3v) is 3.66. The number of nitrogens with zero attached hydrogens (tertiary/aromatic N) is 1. The summed E-state index contributed by atoms with van der Waals surface area (Å²) in [5.74, 6) is -0.637. The summed E-state index contributed by atoms with van der Waals surface area (Å²) in [6.07, 6.45) is 2.82. The van der Waals surface area contributed by atoms with Crippen molar-refractivity contribution in [2.24, 2.45) is 0 Å². The van der Waals surface area contributed by atoms with E-state index >= 15 is 0 Å². The van der Waals surface area contributed by atoms with Gasteiger partial charge in [0, 0.05) is 6.42 Å². The molecule has 0 radical (unpaired) electrons. The molecule has 3 rings (SSSR count). The average molecular weight is 243 g/mol. The molecule has 0 spiro atoms. The monoisotopic (exact) mass is 243 g/mol. The van der Waals surface area contributed by atoms with Gasteiger partial charge in [0.05, 0.1) is 17.2 Å². The summed E-state index contributed by atoms with van der Waals surface area (Å²) in [7, 11) is 0. The van der Waals surface area contributed by atoms with Crippen LogP contribution in [0.5, 0.6) is 0 Å². The molecule has 0 aromatic heterocycles. The molecule has 4 nitrogen and oxygen atoms in total. The molecular weight excluding hydrogens is 230 g/mol. The van der Waals surface area contributed by atoms with Gasteiger partial charge >= 0.3 is 0 Å². The van der Waals surface area contributed by atoms with Crippen molar-refractivity contribution >= 4 is 17.6 Å². The Balaban J connectivity index is 1.99. The van der Waals surface area contributed by atoms with E-state index in [1.165, 1.54) is 0 Å². The van der Waals surface area contributed by atoms with Crippen LogP contribution in [-0.2, 0) is 4.79 Å². The molecule has 4 heteroatoms. The summed E-state index contributed by atoms with van der Waals surface area (Å²) in [6, 6.07) is 6.20. The molecule has 1 heterocycles. The predicted molar refractivity (Wildman–Crippen MR) is 64.2 cm³/mol. The van der Waals surface area contributed by atoms with E-state index in [0.717, 1.165) is 17.7 Å². The van der Waals surface area contributed by atoms with Gasteiger partial charge in [-0.15, -0.1) is 0 Å². The number of imide groups is 1. The van der Waals surface area contributed by atoms with E-state index in [-0.39, 0.29) is 17.6 Å². The van der Waals surface area contributed by atoms with Gasteiger partial charge < -0.3 is 0 Å². The van der Waals surface area contributed by atoms with E-state index in [4.69, 9.17) is 0 Å². The number of amides is 2. The smallest absolute Gasteiger partial charge is 0.262 e. The topological polar surface area (TPSA) is 54.5 Å². The molecule has 2 amide bonds.